The Balaban J connectivity index is 1.87. The monoisotopic (exact) mass is 367 g/mol. The van der Waals surface area contributed by atoms with Crippen molar-refractivity contribution < 1.29 is 4.74 Å². The molecule has 3 rings (SSSR count). The maximum absolute atomic E-state index is 12.0. The number of thiocarbonyl (C=S) groups is 1. The minimum absolute atomic E-state index is 0.118. The van der Waals surface area contributed by atoms with Gasteiger partial charge < -0.3 is 19.9 Å². The van der Waals surface area contributed by atoms with Gasteiger partial charge in [0.1, 0.15) is 0 Å². The minimum atomic E-state index is -0.118. The van der Waals surface area contributed by atoms with Crippen LogP contribution in [0.15, 0.2) is 65.5 Å². The average Bonchev–Trinajstić information content (AvgIpc) is 2.65. The number of anilines is 1. The predicted octanol–water partition coefficient (Wildman–Crippen LogP) is 3.37. The fourth-order valence-corrected chi connectivity index (χ4v) is 3.06. The molecule has 0 bridgehead atoms. The van der Waals surface area contributed by atoms with Crippen LogP contribution in [0, 0.1) is 0 Å². The summed E-state index contributed by atoms with van der Waals surface area (Å²) in [6, 6.07) is 19.2. The van der Waals surface area contributed by atoms with Crippen LogP contribution in [0.1, 0.15) is 5.56 Å². The van der Waals surface area contributed by atoms with Crippen LogP contribution in [-0.4, -0.2) is 35.3 Å². The van der Waals surface area contributed by atoms with Crippen molar-refractivity contribution in [2.24, 2.45) is 0 Å². The van der Waals surface area contributed by atoms with E-state index in [9.17, 15) is 4.79 Å². The molecule has 0 unspecified atom stereocenters. The molecule has 0 radical (unpaired) electrons. The zero-order valence-electron chi connectivity index (χ0n) is 14.6. The Morgan fingerprint density at radius 1 is 1.15 bits per heavy atom. The zero-order chi connectivity index (χ0) is 18.4. The lowest BCUT2D eigenvalue weighted by Crippen LogP contribution is -2.37. The Morgan fingerprint density at radius 3 is 2.65 bits per heavy atom. The van der Waals surface area contributed by atoms with Crippen molar-refractivity contribution >= 4 is 33.9 Å². The largest absolute Gasteiger partial charge is 0.383 e. The Kier molecular flexibility index (Phi) is 5.99. The van der Waals surface area contributed by atoms with E-state index in [1.165, 1.54) is 0 Å². The number of ether oxygens (including phenoxy) is 1. The van der Waals surface area contributed by atoms with Gasteiger partial charge in [-0.2, -0.15) is 0 Å². The van der Waals surface area contributed by atoms with Crippen LogP contribution < -0.4 is 10.9 Å². The fraction of sp³-hybridized carbons (Fsp3) is 0.200. The summed E-state index contributed by atoms with van der Waals surface area (Å²) in [5.74, 6) is 0. The number of hydrogen-bond donors (Lipinski definition) is 2. The fourth-order valence-electron chi connectivity index (χ4n) is 2.79. The third kappa shape index (κ3) is 4.47. The van der Waals surface area contributed by atoms with Crippen LogP contribution in [0.4, 0.5) is 5.69 Å². The van der Waals surface area contributed by atoms with Gasteiger partial charge in [-0.25, -0.2) is 0 Å². The number of aromatic nitrogens is 1. The smallest absolute Gasteiger partial charge is 0.248 e. The molecule has 5 nitrogen and oxygen atoms in total. The van der Waals surface area contributed by atoms with Crippen molar-refractivity contribution in [1.82, 2.24) is 9.88 Å². The second-order valence-electron chi connectivity index (χ2n) is 5.91. The Hall–Kier alpha value is -2.70. The van der Waals surface area contributed by atoms with E-state index in [2.05, 4.69) is 10.3 Å². The van der Waals surface area contributed by atoms with Gasteiger partial charge in [0.25, 0.3) is 0 Å². The van der Waals surface area contributed by atoms with E-state index in [0.29, 0.717) is 24.8 Å². The first-order valence-corrected chi connectivity index (χ1v) is 8.79. The van der Waals surface area contributed by atoms with Crippen molar-refractivity contribution in [3.8, 4) is 0 Å². The first-order valence-electron chi connectivity index (χ1n) is 8.38. The number of benzene rings is 2. The maximum Gasteiger partial charge on any atom is 0.248 e. The molecule has 134 valence electrons. The Bertz CT molecular complexity index is 940. The van der Waals surface area contributed by atoms with E-state index in [0.717, 1.165) is 22.2 Å². The number of nitrogens with zero attached hydrogens (tertiary/aromatic N) is 1. The number of methoxy groups -OCH3 is 1. The summed E-state index contributed by atoms with van der Waals surface area (Å²) in [7, 11) is 1.66. The van der Waals surface area contributed by atoms with Gasteiger partial charge in [0.15, 0.2) is 5.11 Å². The second kappa shape index (κ2) is 8.60. The molecule has 0 spiro atoms. The van der Waals surface area contributed by atoms with Crippen molar-refractivity contribution in [3.63, 3.8) is 0 Å². The average molecular weight is 367 g/mol. The molecular formula is C20H21N3O2S. The third-order valence-corrected chi connectivity index (χ3v) is 4.44. The number of pyridine rings is 1. The highest BCUT2D eigenvalue weighted by Gasteiger charge is 2.13. The van der Waals surface area contributed by atoms with E-state index in [-0.39, 0.29) is 5.56 Å². The lowest BCUT2D eigenvalue weighted by Gasteiger charge is -2.26. The molecule has 0 aliphatic rings. The van der Waals surface area contributed by atoms with Gasteiger partial charge in [-0.1, -0.05) is 36.4 Å². The van der Waals surface area contributed by atoms with Crippen molar-refractivity contribution in [2.45, 2.75) is 6.54 Å². The normalized spacial score (nSPS) is 10.7. The molecule has 2 aromatic carbocycles. The number of fused-ring (bicyclic) bond motifs is 1. The molecule has 0 aliphatic carbocycles. The molecule has 0 fully saturated rings. The number of para-hydroxylation sites is 2. The maximum atomic E-state index is 12.0. The minimum Gasteiger partial charge on any atom is -0.383 e. The molecule has 0 amide bonds. The van der Waals surface area contributed by atoms with E-state index in [1.54, 1.807) is 13.2 Å². The highest BCUT2D eigenvalue weighted by atomic mass is 32.1. The summed E-state index contributed by atoms with van der Waals surface area (Å²) < 4.78 is 5.22. The summed E-state index contributed by atoms with van der Waals surface area (Å²) in [6.07, 6.45) is 0. The molecule has 0 saturated heterocycles. The highest BCUT2D eigenvalue weighted by Crippen LogP contribution is 2.17. The lowest BCUT2D eigenvalue weighted by atomic mass is 10.1. The number of aromatic amines is 1. The van der Waals surface area contributed by atoms with Crippen LogP contribution >= 0.6 is 12.2 Å². The van der Waals surface area contributed by atoms with Crippen molar-refractivity contribution in [3.05, 3.63) is 76.6 Å². The topological polar surface area (TPSA) is 57.4 Å². The molecule has 6 heteroatoms. The van der Waals surface area contributed by atoms with Gasteiger partial charge in [-0.15, -0.1) is 0 Å². The zero-order valence-corrected chi connectivity index (χ0v) is 15.4. The summed E-state index contributed by atoms with van der Waals surface area (Å²) in [4.78, 5) is 16.9. The van der Waals surface area contributed by atoms with Gasteiger partial charge in [-0.05, 0) is 36.0 Å². The molecule has 0 saturated carbocycles. The Morgan fingerprint density at radius 2 is 1.88 bits per heavy atom. The molecule has 1 aromatic heterocycles. The quantitative estimate of drug-likeness (QED) is 0.654. The van der Waals surface area contributed by atoms with E-state index >= 15 is 0 Å². The SMILES string of the molecule is COCCN(Cc1cc(=O)[nH]c2ccccc12)C(=S)Nc1ccccc1. The van der Waals surface area contributed by atoms with Gasteiger partial charge >= 0.3 is 0 Å². The number of nitrogens with one attached hydrogen (secondary N) is 2. The second-order valence-corrected chi connectivity index (χ2v) is 6.30. The molecule has 0 atom stereocenters. The third-order valence-electron chi connectivity index (χ3n) is 4.08. The first-order chi connectivity index (χ1) is 12.7. The number of rotatable bonds is 6. The van der Waals surface area contributed by atoms with Crippen LogP contribution in [-0.2, 0) is 11.3 Å². The van der Waals surface area contributed by atoms with Gasteiger partial charge in [0.05, 0.1) is 6.61 Å². The standard InChI is InChI=1S/C20H21N3O2S/c1-25-12-11-23(20(26)21-16-7-3-2-4-8-16)14-15-13-19(24)22-18-10-6-5-9-17(15)18/h2-10,13H,11-12,14H2,1H3,(H,21,26)(H,22,24). The first kappa shape index (κ1) is 18.1. The molecule has 3 aromatic rings. The lowest BCUT2D eigenvalue weighted by molar-refractivity contribution is 0.175. The van der Waals surface area contributed by atoms with Crippen LogP contribution in [0.3, 0.4) is 0 Å². The molecular weight excluding hydrogens is 346 g/mol. The van der Waals surface area contributed by atoms with Crippen LogP contribution in [0.25, 0.3) is 10.9 Å². The summed E-state index contributed by atoms with van der Waals surface area (Å²) in [5.41, 5.74) is 2.56. The Labute approximate surface area is 157 Å². The molecule has 26 heavy (non-hydrogen) atoms. The van der Waals surface area contributed by atoms with E-state index in [4.69, 9.17) is 17.0 Å². The highest BCUT2D eigenvalue weighted by molar-refractivity contribution is 7.80. The van der Waals surface area contributed by atoms with Gasteiger partial charge in [0.2, 0.25) is 5.56 Å². The van der Waals surface area contributed by atoms with E-state index < -0.39 is 0 Å². The van der Waals surface area contributed by atoms with Crippen molar-refractivity contribution in [1.29, 1.82) is 0 Å². The molecule has 0 aliphatic heterocycles. The number of hydrogen-bond acceptors (Lipinski definition) is 3. The van der Waals surface area contributed by atoms with E-state index in [1.807, 2.05) is 59.5 Å². The molecule has 1 heterocycles. The van der Waals surface area contributed by atoms with Gasteiger partial charge in [-0.3, -0.25) is 4.79 Å². The van der Waals surface area contributed by atoms with Crippen LogP contribution in [0.5, 0.6) is 0 Å². The van der Waals surface area contributed by atoms with Crippen LogP contribution in [0.2, 0.25) is 0 Å². The van der Waals surface area contributed by atoms with Gasteiger partial charge in [0, 0.05) is 42.9 Å². The summed E-state index contributed by atoms with van der Waals surface area (Å²) in [6.45, 7) is 1.68. The summed E-state index contributed by atoms with van der Waals surface area (Å²) in [5, 5.41) is 4.86. The number of H-pyrrole nitrogens is 1. The van der Waals surface area contributed by atoms with Crippen molar-refractivity contribution in [2.75, 3.05) is 25.6 Å². The predicted molar refractivity (Wildman–Crippen MR) is 110 cm³/mol. The summed E-state index contributed by atoms with van der Waals surface area (Å²) >= 11 is 5.60. The molecule has 2 N–H and O–H groups in total.